The Morgan fingerprint density at radius 2 is 1.72 bits per heavy atom. The number of anilines is 1. The van der Waals surface area contributed by atoms with E-state index in [1.807, 2.05) is 12.1 Å². The van der Waals surface area contributed by atoms with E-state index in [4.69, 9.17) is 30.0 Å². The van der Waals surface area contributed by atoms with E-state index in [-0.39, 0.29) is 6.61 Å². The van der Waals surface area contributed by atoms with Crippen LogP contribution in [-0.2, 0) is 13.0 Å². The van der Waals surface area contributed by atoms with E-state index in [1.165, 1.54) is 6.33 Å². The molecule has 9 heteroatoms. The van der Waals surface area contributed by atoms with Gasteiger partial charge in [0.1, 0.15) is 12.2 Å². The van der Waals surface area contributed by atoms with Crippen molar-refractivity contribution in [2.75, 3.05) is 33.7 Å². The number of aliphatic hydroxyl groups is 1. The van der Waals surface area contributed by atoms with Gasteiger partial charge in [0.15, 0.2) is 28.5 Å². The summed E-state index contributed by atoms with van der Waals surface area (Å²) < 4.78 is 18.4. The average molecular weight is 401 g/mol. The van der Waals surface area contributed by atoms with E-state index in [0.717, 1.165) is 37.2 Å². The summed E-state index contributed by atoms with van der Waals surface area (Å²) in [6.45, 7) is 0.921. The van der Waals surface area contributed by atoms with Crippen LogP contribution in [-0.4, -0.2) is 52.6 Å². The number of unbranched alkanes of at least 4 members (excludes halogenated alkanes) is 2. The van der Waals surface area contributed by atoms with Crippen LogP contribution in [0.3, 0.4) is 0 Å². The second-order valence-electron chi connectivity index (χ2n) is 6.61. The monoisotopic (exact) mass is 401 g/mol. The molecule has 0 saturated heterocycles. The van der Waals surface area contributed by atoms with Crippen molar-refractivity contribution in [3.8, 4) is 17.2 Å². The molecular formula is C20H27N5O4. The lowest BCUT2D eigenvalue weighted by molar-refractivity contribution is 0.282. The van der Waals surface area contributed by atoms with Crippen LogP contribution in [0.1, 0.15) is 30.7 Å². The van der Waals surface area contributed by atoms with Crippen LogP contribution in [0.2, 0.25) is 0 Å². The average Bonchev–Trinajstić information content (AvgIpc) is 3.08. The number of aryl methyl sites for hydroxylation is 1. The van der Waals surface area contributed by atoms with Crippen LogP contribution in [0.25, 0.3) is 11.2 Å². The fourth-order valence-corrected chi connectivity index (χ4v) is 3.35. The summed E-state index contributed by atoms with van der Waals surface area (Å²) in [5.74, 6) is 2.91. The molecule has 0 atom stereocenters. The largest absolute Gasteiger partial charge is 0.493 e. The summed E-state index contributed by atoms with van der Waals surface area (Å²) in [5, 5.41) is 9.03. The zero-order chi connectivity index (χ0) is 20.8. The van der Waals surface area contributed by atoms with E-state index in [9.17, 15) is 0 Å². The molecule has 0 saturated carbocycles. The Morgan fingerprint density at radius 1 is 1.00 bits per heavy atom. The number of methoxy groups -OCH3 is 3. The molecule has 0 aliphatic carbocycles. The van der Waals surface area contributed by atoms with Crippen molar-refractivity contribution >= 4 is 17.0 Å². The molecule has 2 heterocycles. The highest BCUT2D eigenvalue weighted by molar-refractivity contribution is 5.81. The van der Waals surface area contributed by atoms with Crippen molar-refractivity contribution < 1.29 is 19.3 Å². The lowest BCUT2D eigenvalue weighted by atomic mass is 10.1. The van der Waals surface area contributed by atoms with Crippen molar-refractivity contribution in [3.63, 3.8) is 0 Å². The van der Waals surface area contributed by atoms with Gasteiger partial charge in [0.05, 0.1) is 21.3 Å². The molecule has 0 bridgehead atoms. The van der Waals surface area contributed by atoms with Crippen LogP contribution in [0.15, 0.2) is 18.5 Å². The number of nitrogens with zero attached hydrogens (tertiary/aromatic N) is 4. The van der Waals surface area contributed by atoms with Gasteiger partial charge in [0.25, 0.3) is 0 Å². The second-order valence-corrected chi connectivity index (χ2v) is 6.61. The van der Waals surface area contributed by atoms with E-state index in [2.05, 4.69) is 14.5 Å². The first-order valence-electron chi connectivity index (χ1n) is 9.48. The topological polar surface area (TPSA) is 118 Å². The number of hydrogen-bond acceptors (Lipinski definition) is 8. The number of rotatable bonds is 10. The van der Waals surface area contributed by atoms with Crippen LogP contribution in [0.4, 0.5) is 5.82 Å². The minimum atomic E-state index is 0.193. The Bertz CT molecular complexity index is 948. The van der Waals surface area contributed by atoms with Crippen molar-refractivity contribution in [2.24, 2.45) is 0 Å². The van der Waals surface area contributed by atoms with Gasteiger partial charge in [-0.3, -0.25) is 0 Å². The molecule has 2 aromatic heterocycles. The molecule has 0 unspecified atom stereocenters. The molecule has 3 N–H and O–H groups in total. The fraction of sp³-hybridized carbons (Fsp3) is 0.450. The smallest absolute Gasteiger partial charge is 0.203 e. The van der Waals surface area contributed by atoms with Gasteiger partial charge in [-0.1, -0.05) is 0 Å². The maximum atomic E-state index is 9.03. The highest BCUT2D eigenvalue weighted by Gasteiger charge is 2.18. The molecule has 0 spiro atoms. The summed E-state index contributed by atoms with van der Waals surface area (Å²) >= 11 is 0. The highest BCUT2D eigenvalue weighted by atomic mass is 16.5. The summed E-state index contributed by atoms with van der Waals surface area (Å²) in [5.41, 5.74) is 8.28. The summed E-state index contributed by atoms with van der Waals surface area (Å²) in [6, 6.07) is 3.82. The molecule has 3 aromatic rings. The zero-order valence-corrected chi connectivity index (χ0v) is 17.0. The molecule has 0 amide bonds. The number of ether oxygens (including phenoxy) is 3. The molecule has 156 valence electrons. The Labute approximate surface area is 169 Å². The third-order valence-electron chi connectivity index (χ3n) is 4.77. The molecule has 3 rings (SSSR count). The number of imidazole rings is 1. The zero-order valence-electron chi connectivity index (χ0n) is 17.0. The van der Waals surface area contributed by atoms with Crippen molar-refractivity contribution in [2.45, 2.75) is 32.2 Å². The van der Waals surface area contributed by atoms with Crippen molar-refractivity contribution in [1.82, 2.24) is 19.5 Å². The van der Waals surface area contributed by atoms with E-state index in [1.54, 1.807) is 21.3 Å². The van der Waals surface area contributed by atoms with E-state index >= 15 is 0 Å². The Morgan fingerprint density at radius 3 is 2.34 bits per heavy atom. The number of aliphatic hydroxyl groups excluding tert-OH is 1. The summed E-state index contributed by atoms with van der Waals surface area (Å²) in [4.78, 5) is 13.2. The number of hydrogen-bond donors (Lipinski definition) is 2. The normalized spacial score (nSPS) is 11.0. The van der Waals surface area contributed by atoms with Gasteiger partial charge in [-0.05, 0) is 37.0 Å². The molecule has 9 nitrogen and oxygen atoms in total. The summed E-state index contributed by atoms with van der Waals surface area (Å²) in [7, 11) is 4.76. The molecular weight excluding hydrogens is 374 g/mol. The molecule has 0 radical (unpaired) electrons. The molecule has 1 aromatic carbocycles. The van der Waals surface area contributed by atoms with Gasteiger partial charge in [-0.15, -0.1) is 0 Å². The Balaban J connectivity index is 2.00. The molecule has 0 aliphatic heterocycles. The van der Waals surface area contributed by atoms with E-state index < -0.39 is 0 Å². The quantitative estimate of drug-likeness (QED) is 0.497. The molecule has 0 fully saturated rings. The van der Waals surface area contributed by atoms with Crippen molar-refractivity contribution in [1.29, 1.82) is 0 Å². The van der Waals surface area contributed by atoms with Crippen LogP contribution >= 0.6 is 0 Å². The summed E-state index contributed by atoms with van der Waals surface area (Å²) in [6.07, 6.45) is 4.57. The third-order valence-corrected chi connectivity index (χ3v) is 4.77. The minimum Gasteiger partial charge on any atom is -0.493 e. The van der Waals surface area contributed by atoms with Gasteiger partial charge < -0.3 is 29.6 Å². The predicted octanol–water partition coefficient (Wildman–Crippen LogP) is 2.19. The Hall–Kier alpha value is -3.07. The lowest BCUT2D eigenvalue weighted by Crippen LogP contribution is -2.07. The maximum Gasteiger partial charge on any atom is 0.203 e. The third kappa shape index (κ3) is 4.34. The SMILES string of the molecule is COc1cc(Cc2nc3c(N)ncnc3n2CCCCCO)cc(OC)c1OC. The van der Waals surface area contributed by atoms with Gasteiger partial charge in [0.2, 0.25) is 5.75 Å². The Kier molecular flexibility index (Phi) is 6.71. The van der Waals surface area contributed by atoms with Crippen LogP contribution < -0.4 is 19.9 Å². The number of fused-ring (bicyclic) bond motifs is 1. The van der Waals surface area contributed by atoms with Gasteiger partial charge in [0, 0.05) is 19.6 Å². The minimum absolute atomic E-state index is 0.193. The lowest BCUT2D eigenvalue weighted by Gasteiger charge is -2.14. The van der Waals surface area contributed by atoms with Crippen molar-refractivity contribution in [3.05, 3.63) is 29.8 Å². The van der Waals surface area contributed by atoms with Crippen LogP contribution in [0.5, 0.6) is 17.2 Å². The van der Waals surface area contributed by atoms with Crippen LogP contribution in [0, 0.1) is 0 Å². The first-order chi connectivity index (χ1) is 14.1. The molecule has 0 aliphatic rings. The standard InChI is InChI=1S/C20H27N5O4/c1-27-14-9-13(10-15(28-2)18(14)29-3)11-16-24-17-19(21)22-12-23-20(17)25(16)7-5-4-6-8-26/h9-10,12,26H,4-8,11H2,1-3H3,(H2,21,22,23). The fourth-order valence-electron chi connectivity index (χ4n) is 3.35. The number of aromatic nitrogens is 4. The second kappa shape index (κ2) is 9.42. The maximum absolute atomic E-state index is 9.03. The van der Waals surface area contributed by atoms with Gasteiger partial charge >= 0.3 is 0 Å². The predicted molar refractivity (Wildman–Crippen MR) is 110 cm³/mol. The first kappa shape index (κ1) is 20.7. The van der Waals surface area contributed by atoms with E-state index in [0.29, 0.717) is 40.7 Å². The number of benzene rings is 1. The first-order valence-corrected chi connectivity index (χ1v) is 9.48. The number of nitrogens with two attached hydrogens (primary N) is 1. The number of nitrogen functional groups attached to an aromatic ring is 1. The van der Waals surface area contributed by atoms with Gasteiger partial charge in [-0.2, -0.15) is 0 Å². The molecule has 29 heavy (non-hydrogen) atoms. The van der Waals surface area contributed by atoms with Gasteiger partial charge in [-0.25, -0.2) is 15.0 Å². The highest BCUT2D eigenvalue weighted by Crippen LogP contribution is 2.38.